The molecule has 2 aromatic rings. The van der Waals surface area contributed by atoms with Crippen LogP contribution in [-0.2, 0) is 34.2 Å². The van der Waals surface area contributed by atoms with Gasteiger partial charge in [0.05, 0.1) is 0 Å². The van der Waals surface area contributed by atoms with E-state index in [1.165, 1.54) is 55.7 Å². The molecule has 0 N–H and O–H groups in total. The zero-order valence-electron chi connectivity index (χ0n) is 19.5. The van der Waals surface area contributed by atoms with Gasteiger partial charge in [0.25, 0.3) is 0 Å². The molecule has 0 nitrogen and oxygen atoms in total. The molecule has 0 atom stereocenters. The predicted octanol–water partition coefficient (Wildman–Crippen LogP) is 5.96. The van der Waals surface area contributed by atoms with Crippen LogP contribution in [0.4, 0.5) is 0 Å². The quantitative estimate of drug-likeness (QED) is 0.406. The molecule has 2 heteroatoms. The van der Waals surface area contributed by atoms with Gasteiger partial charge in [-0.15, -0.1) is 0 Å². The molecule has 1 fully saturated rings. The van der Waals surface area contributed by atoms with Crippen molar-refractivity contribution in [3.8, 4) is 0 Å². The van der Waals surface area contributed by atoms with Gasteiger partial charge in [0.2, 0.25) is 0 Å². The van der Waals surface area contributed by atoms with Crippen molar-refractivity contribution in [3.05, 3.63) is 72.0 Å². The van der Waals surface area contributed by atoms with Crippen LogP contribution in [0.15, 0.2) is 18.2 Å². The molecule has 0 unspecified atom stereocenters. The molecule has 0 amide bonds. The summed E-state index contributed by atoms with van der Waals surface area (Å²) in [4.78, 5) is 0. The van der Waals surface area contributed by atoms with Gasteiger partial charge in [0.15, 0.2) is 0 Å². The SMILES string of the molecule is Cc1cc(C)cc([SiH2]C[c-]2c(C)c(C)c(C)c2CC2CCCCC2)c1.[CH3-].[CH3-].[Ti+3]. The first-order chi connectivity index (χ1) is 12.0. The first-order valence-electron chi connectivity index (χ1n) is 10.3. The molecule has 1 radical (unpaired) electrons. The Morgan fingerprint density at radius 3 is 2.00 bits per heavy atom. The summed E-state index contributed by atoms with van der Waals surface area (Å²) in [6.07, 6.45) is 8.62. The fourth-order valence-corrected chi connectivity index (χ4v) is 7.11. The van der Waals surface area contributed by atoms with Crippen molar-refractivity contribution in [1.82, 2.24) is 0 Å². The van der Waals surface area contributed by atoms with Crippen molar-refractivity contribution >= 4 is 14.7 Å². The molecule has 1 saturated carbocycles. The summed E-state index contributed by atoms with van der Waals surface area (Å²) >= 11 is 0. The maximum Gasteiger partial charge on any atom is 3.00 e. The summed E-state index contributed by atoms with van der Waals surface area (Å²) in [5, 5.41) is 1.64. The molecule has 0 heterocycles. The molecule has 1 aliphatic rings. The van der Waals surface area contributed by atoms with E-state index in [-0.39, 0.29) is 46.1 Å². The van der Waals surface area contributed by atoms with Gasteiger partial charge in [0, 0.05) is 9.52 Å². The van der Waals surface area contributed by atoms with Gasteiger partial charge >= 0.3 is 21.7 Å². The van der Waals surface area contributed by atoms with E-state index in [1.807, 2.05) is 0 Å². The second-order valence-electron chi connectivity index (χ2n) is 8.54. The van der Waals surface area contributed by atoms with Gasteiger partial charge in [-0.1, -0.05) is 93.4 Å². The maximum atomic E-state index is 2.43. The van der Waals surface area contributed by atoms with Crippen LogP contribution in [-0.4, -0.2) is 9.52 Å². The Morgan fingerprint density at radius 2 is 1.43 bits per heavy atom. The second kappa shape index (κ2) is 12.3. The first kappa shape index (κ1) is 27.5. The molecule has 2 aromatic carbocycles. The second-order valence-corrected chi connectivity index (χ2v) is 10.4. The van der Waals surface area contributed by atoms with Crippen LogP contribution in [0.1, 0.15) is 71.0 Å². The largest absolute Gasteiger partial charge is 3.00 e. The van der Waals surface area contributed by atoms with Crippen molar-refractivity contribution in [3.63, 3.8) is 0 Å². The van der Waals surface area contributed by atoms with E-state index in [4.69, 9.17) is 0 Å². The Labute approximate surface area is 193 Å². The Bertz CT molecular complexity index is 715. The number of hydrogen-bond donors (Lipinski definition) is 0. The van der Waals surface area contributed by atoms with Crippen molar-refractivity contribution < 1.29 is 21.7 Å². The van der Waals surface area contributed by atoms with Crippen LogP contribution in [0.25, 0.3) is 0 Å². The monoisotopic (exact) mass is 429 g/mol. The first-order valence-corrected chi connectivity index (χ1v) is 12.0. The standard InChI is InChI=1S/C24H35Si.2CH3.Ti/c1-16-11-17(2)13-22(12-16)25-15-24-20(5)18(3)19(4)23(24)14-21-9-7-6-8-10-21;;;/h11-13,21H,6-10,14-15,25H2,1-5H3;2*1H3;/q3*-1;+3. The third-order valence-corrected chi connectivity index (χ3v) is 8.29. The Hall–Kier alpha value is -0.499. The molecular formula is C26H41SiTi. The average molecular weight is 430 g/mol. The fraction of sp³-hybridized carbons (Fsp3) is 0.500. The smallest absolute Gasteiger partial charge is 0.358 e. The summed E-state index contributed by atoms with van der Waals surface area (Å²) in [6.45, 7) is 11.6. The van der Waals surface area contributed by atoms with Crippen molar-refractivity contribution in [2.75, 3.05) is 0 Å². The van der Waals surface area contributed by atoms with E-state index in [0.717, 1.165) is 5.92 Å². The molecule has 28 heavy (non-hydrogen) atoms. The zero-order valence-corrected chi connectivity index (χ0v) is 22.4. The van der Waals surface area contributed by atoms with Crippen LogP contribution >= 0.6 is 0 Å². The molecule has 0 spiro atoms. The number of hydrogen-bond acceptors (Lipinski definition) is 0. The van der Waals surface area contributed by atoms with Crippen LogP contribution in [0.3, 0.4) is 0 Å². The van der Waals surface area contributed by atoms with Gasteiger partial charge < -0.3 is 14.9 Å². The molecule has 3 rings (SSSR count). The minimum absolute atomic E-state index is 0. The van der Waals surface area contributed by atoms with Crippen molar-refractivity contribution in [2.24, 2.45) is 5.92 Å². The minimum atomic E-state index is -0.236. The number of aryl methyl sites for hydroxylation is 2. The van der Waals surface area contributed by atoms with Crippen molar-refractivity contribution in [1.29, 1.82) is 0 Å². The molecule has 0 aromatic heterocycles. The van der Waals surface area contributed by atoms with Gasteiger partial charge in [-0.3, -0.25) is 0 Å². The fourth-order valence-electron chi connectivity index (χ4n) is 4.96. The van der Waals surface area contributed by atoms with E-state index in [1.54, 1.807) is 33.0 Å². The molecule has 0 saturated heterocycles. The minimum Gasteiger partial charge on any atom is -0.358 e. The summed E-state index contributed by atoms with van der Waals surface area (Å²) in [5.74, 6) is 0.940. The van der Waals surface area contributed by atoms with Gasteiger partial charge in [-0.25, -0.2) is 0 Å². The van der Waals surface area contributed by atoms with Crippen LogP contribution in [0.2, 0.25) is 0 Å². The maximum absolute atomic E-state index is 2.43. The summed E-state index contributed by atoms with van der Waals surface area (Å²) in [6, 6.07) is 8.50. The van der Waals surface area contributed by atoms with Crippen LogP contribution in [0.5, 0.6) is 0 Å². The number of benzene rings is 1. The Kier molecular flexibility index (Phi) is 12.0. The summed E-state index contributed by atoms with van der Waals surface area (Å²) in [7, 11) is -0.236. The van der Waals surface area contributed by atoms with E-state index < -0.39 is 0 Å². The third kappa shape index (κ3) is 6.51. The van der Waals surface area contributed by atoms with Crippen LogP contribution < -0.4 is 5.19 Å². The molecule has 153 valence electrons. The van der Waals surface area contributed by atoms with Gasteiger partial charge in [-0.05, 0) is 26.2 Å². The third-order valence-electron chi connectivity index (χ3n) is 6.56. The molecule has 0 aliphatic heterocycles. The Balaban J connectivity index is 0.00000243. The van der Waals surface area contributed by atoms with E-state index in [2.05, 4.69) is 52.8 Å². The van der Waals surface area contributed by atoms with E-state index in [9.17, 15) is 0 Å². The van der Waals surface area contributed by atoms with Gasteiger partial charge in [0.1, 0.15) is 0 Å². The summed E-state index contributed by atoms with van der Waals surface area (Å²) < 4.78 is 0. The Morgan fingerprint density at radius 1 is 0.857 bits per heavy atom. The topological polar surface area (TPSA) is 0 Å². The average Bonchev–Trinajstić information content (AvgIpc) is 2.77. The van der Waals surface area contributed by atoms with Crippen LogP contribution in [0, 0.1) is 55.4 Å². The molecule has 0 bridgehead atoms. The summed E-state index contributed by atoms with van der Waals surface area (Å²) in [5.41, 5.74) is 11.1. The number of rotatable bonds is 5. The van der Waals surface area contributed by atoms with E-state index >= 15 is 0 Å². The predicted molar refractivity (Wildman–Crippen MR) is 127 cm³/mol. The zero-order chi connectivity index (χ0) is 18.0. The van der Waals surface area contributed by atoms with Gasteiger partial charge in [-0.2, -0.15) is 27.8 Å². The van der Waals surface area contributed by atoms with Crippen molar-refractivity contribution in [2.45, 2.75) is 79.2 Å². The van der Waals surface area contributed by atoms with E-state index in [0.29, 0.717) is 0 Å². The normalized spacial score (nSPS) is 14.5. The molecular weight excluding hydrogens is 388 g/mol. The molecule has 1 aliphatic carbocycles.